The number of likely N-dealkylation sites (N-methyl/N-ethyl adjacent to an activating group) is 1. The normalized spacial score (nSPS) is 18.4. The number of anilines is 1. The third kappa shape index (κ3) is 3.37. The van der Waals surface area contributed by atoms with Gasteiger partial charge in [0, 0.05) is 30.8 Å². The first kappa shape index (κ1) is 22.7. The van der Waals surface area contributed by atoms with Crippen LogP contribution in [0.5, 0.6) is 0 Å². The fourth-order valence-electron chi connectivity index (χ4n) is 6.70. The van der Waals surface area contributed by atoms with E-state index in [9.17, 15) is 0 Å². The lowest BCUT2D eigenvalue weighted by Gasteiger charge is -2.30. The number of benzene rings is 5. The molecule has 2 heteroatoms. The van der Waals surface area contributed by atoms with Gasteiger partial charge in [-0.05, 0) is 52.3 Å². The summed E-state index contributed by atoms with van der Waals surface area (Å²) in [5.41, 5.74) is 11.8. The highest BCUT2D eigenvalue weighted by atomic mass is 15.2. The Hall–Kier alpha value is -4.43. The van der Waals surface area contributed by atoms with Crippen molar-refractivity contribution in [3.8, 4) is 0 Å². The molecule has 0 N–H and O–H groups in total. The zero-order valence-electron chi connectivity index (χ0n) is 22.1. The molecule has 0 aromatic heterocycles. The third-order valence-corrected chi connectivity index (χ3v) is 8.49. The van der Waals surface area contributed by atoms with Gasteiger partial charge in [0.05, 0.1) is 17.0 Å². The van der Waals surface area contributed by atoms with Crippen LogP contribution in [0.2, 0.25) is 0 Å². The van der Waals surface area contributed by atoms with Crippen molar-refractivity contribution in [2.45, 2.75) is 18.9 Å². The molecule has 5 aromatic carbocycles. The van der Waals surface area contributed by atoms with E-state index in [2.05, 4.69) is 152 Å². The molecule has 2 aliphatic heterocycles. The summed E-state index contributed by atoms with van der Waals surface area (Å²) in [6.45, 7) is 2.24. The minimum absolute atomic E-state index is 0.184. The van der Waals surface area contributed by atoms with Crippen LogP contribution in [-0.4, -0.2) is 24.4 Å². The molecule has 2 heterocycles. The summed E-state index contributed by atoms with van der Waals surface area (Å²) in [5.74, 6) is 0.184. The van der Waals surface area contributed by atoms with Crippen LogP contribution in [0.25, 0.3) is 16.3 Å². The van der Waals surface area contributed by atoms with Gasteiger partial charge in [-0.15, -0.1) is 0 Å². The van der Waals surface area contributed by atoms with Gasteiger partial charge in [0.2, 0.25) is 11.4 Å². The smallest absolute Gasteiger partial charge is 0.214 e. The van der Waals surface area contributed by atoms with Gasteiger partial charge in [-0.2, -0.15) is 4.58 Å². The molecule has 0 saturated heterocycles. The van der Waals surface area contributed by atoms with E-state index in [0.717, 1.165) is 0 Å². The maximum Gasteiger partial charge on any atom is 0.214 e. The molecule has 5 aromatic rings. The molecule has 2 unspecified atom stereocenters. The zero-order valence-corrected chi connectivity index (χ0v) is 22.1. The van der Waals surface area contributed by atoms with Crippen LogP contribution in [0.3, 0.4) is 0 Å². The van der Waals surface area contributed by atoms with E-state index in [-0.39, 0.29) is 12.0 Å². The second kappa shape index (κ2) is 8.85. The Kier molecular flexibility index (Phi) is 5.30. The van der Waals surface area contributed by atoms with Crippen molar-refractivity contribution in [3.05, 3.63) is 149 Å². The monoisotopic (exact) mass is 491 g/mol. The maximum absolute atomic E-state index is 2.48. The first-order valence-electron chi connectivity index (χ1n) is 13.4. The minimum atomic E-state index is 0.184. The fourth-order valence-corrected chi connectivity index (χ4v) is 6.70. The topological polar surface area (TPSA) is 6.25 Å². The number of hydrogen-bond donors (Lipinski definition) is 0. The lowest BCUT2D eigenvalue weighted by Crippen LogP contribution is -2.23. The summed E-state index contributed by atoms with van der Waals surface area (Å²) in [6, 6.07) is 42.3. The van der Waals surface area contributed by atoms with Gasteiger partial charge in [-0.25, -0.2) is 0 Å². The molecule has 0 spiro atoms. The van der Waals surface area contributed by atoms with Crippen LogP contribution in [0.15, 0.2) is 121 Å². The number of para-hydroxylation sites is 1. The van der Waals surface area contributed by atoms with E-state index in [0.29, 0.717) is 0 Å². The SMILES string of the molecule is Cc1ccccc1/C(=C\C1=[N+](C)c2cccc3cccc1c23)C1c2ccccc2N(C)C1c1ccccc1. The Balaban J connectivity index is 1.52. The van der Waals surface area contributed by atoms with Gasteiger partial charge in [0.25, 0.3) is 0 Å². The Morgan fingerprint density at radius 2 is 1.47 bits per heavy atom. The van der Waals surface area contributed by atoms with Crippen LogP contribution in [0.1, 0.15) is 39.8 Å². The molecule has 0 saturated carbocycles. The Morgan fingerprint density at radius 1 is 0.763 bits per heavy atom. The van der Waals surface area contributed by atoms with E-state index in [1.165, 1.54) is 61.2 Å². The molecule has 38 heavy (non-hydrogen) atoms. The number of hydrogen-bond acceptors (Lipinski definition) is 1. The predicted molar refractivity (Wildman–Crippen MR) is 160 cm³/mol. The third-order valence-electron chi connectivity index (χ3n) is 8.49. The molecule has 0 fully saturated rings. The Morgan fingerprint density at radius 3 is 2.29 bits per heavy atom. The van der Waals surface area contributed by atoms with E-state index in [1.54, 1.807) is 0 Å². The van der Waals surface area contributed by atoms with Crippen LogP contribution < -0.4 is 4.90 Å². The van der Waals surface area contributed by atoms with Crippen LogP contribution >= 0.6 is 0 Å². The van der Waals surface area contributed by atoms with E-state index >= 15 is 0 Å². The largest absolute Gasteiger partial charge is 0.366 e. The van der Waals surface area contributed by atoms with E-state index < -0.39 is 0 Å². The maximum atomic E-state index is 2.48. The highest BCUT2D eigenvalue weighted by molar-refractivity contribution is 6.21. The Labute approximate surface area is 224 Å². The molecule has 7 rings (SSSR count). The predicted octanol–water partition coefficient (Wildman–Crippen LogP) is 8.28. The Bertz CT molecular complexity index is 1750. The summed E-state index contributed by atoms with van der Waals surface area (Å²) in [7, 11) is 4.46. The molecule has 0 bridgehead atoms. The highest BCUT2D eigenvalue weighted by Crippen LogP contribution is 2.54. The molecule has 2 aliphatic rings. The molecule has 0 radical (unpaired) electrons. The van der Waals surface area contributed by atoms with Crippen molar-refractivity contribution in [1.82, 2.24) is 0 Å². The van der Waals surface area contributed by atoms with Crippen LogP contribution in [-0.2, 0) is 0 Å². The molecule has 2 nitrogen and oxygen atoms in total. The first-order chi connectivity index (χ1) is 18.6. The summed E-state index contributed by atoms with van der Waals surface area (Å²) in [5, 5.41) is 2.64. The summed E-state index contributed by atoms with van der Waals surface area (Å²) in [4.78, 5) is 2.47. The van der Waals surface area contributed by atoms with Crippen molar-refractivity contribution in [1.29, 1.82) is 0 Å². The molecule has 2 atom stereocenters. The summed E-state index contributed by atoms with van der Waals surface area (Å²) in [6.07, 6.45) is 2.48. The molecular weight excluding hydrogens is 460 g/mol. The van der Waals surface area contributed by atoms with Gasteiger partial charge in [0.15, 0.2) is 0 Å². The second-order valence-electron chi connectivity index (χ2n) is 10.5. The highest BCUT2D eigenvalue weighted by Gasteiger charge is 2.41. The van der Waals surface area contributed by atoms with Crippen molar-refractivity contribution in [2.24, 2.45) is 0 Å². The molecule has 0 aliphatic carbocycles. The zero-order chi connectivity index (χ0) is 25.8. The number of allylic oxidation sites excluding steroid dienone is 1. The molecule has 0 amide bonds. The average molecular weight is 492 g/mol. The number of aryl methyl sites for hydroxylation is 1. The molecular formula is C36H31N2+. The van der Waals surface area contributed by atoms with Crippen molar-refractivity contribution in [2.75, 3.05) is 19.0 Å². The number of nitrogens with zero attached hydrogens (tertiary/aromatic N) is 2. The number of fused-ring (bicyclic) bond motifs is 1. The number of rotatable bonds is 4. The van der Waals surface area contributed by atoms with Gasteiger partial charge >= 0.3 is 0 Å². The minimum Gasteiger partial charge on any atom is -0.366 e. The second-order valence-corrected chi connectivity index (χ2v) is 10.5. The van der Waals surface area contributed by atoms with Gasteiger partial charge in [-0.1, -0.05) is 97.1 Å². The first-order valence-corrected chi connectivity index (χ1v) is 13.4. The lowest BCUT2D eigenvalue weighted by atomic mass is 9.79. The van der Waals surface area contributed by atoms with E-state index in [1.807, 2.05) is 0 Å². The summed E-state index contributed by atoms with van der Waals surface area (Å²) >= 11 is 0. The van der Waals surface area contributed by atoms with Gasteiger partial charge in [0.1, 0.15) is 7.05 Å². The van der Waals surface area contributed by atoms with E-state index in [4.69, 9.17) is 0 Å². The summed E-state index contributed by atoms with van der Waals surface area (Å²) < 4.78 is 2.37. The van der Waals surface area contributed by atoms with Gasteiger partial charge in [-0.3, -0.25) is 0 Å². The van der Waals surface area contributed by atoms with Crippen molar-refractivity contribution >= 4 is 33.4 Å². The van der Waals surface area contributed by atoms with Crippen molar-refractivity contribution < 1.29 is 4.58 Å². The molecule has 184 valence electrons. The fraction of sp³-hybridized carbons (Fsp3) is 0.139. The van der Waals surface area contributed by atoms with Gasteiger partial charge < -0.3 is 4.90 Å². The van der Waals surface area contributed by atoms with Crippen LogP contribution in [0, 0.1) is 6.92 Å². The van der Waals surface area contributed by atoms with Crippen molar-refractivity contribution in [3.63, 3.8) is 0 Å². The quantitative estimate of drug-likeness (QED) is 0.229. The van der Waals surface area contributed by atoms with Crippen LogP contribution in [0.4, 0.5) is 11.4 Å². The lowest BCUT2D eigenvalue weighted by molar-refractivity contribution is -0.399. The average Bonchev–Trinajstić information content (AvgIpc) is 3.40. The standard InChI is InChI=1S/C36H31N2/c1-24-13-7-8-18-27(24)30(23-33-29-20-11-16-25-17-12-22-32(34(25)29)37(33)2)35-28-19-9-10-21-31(28)38(3)36(35)26-14-5-4-6-15-26/h4-23,35-36H,1-3H3/q+1/b30-23+.